The fourth-order valence-electron chi connectivity index (χ4n) is 3.80. The smallest absolute Gasteiger partial charge is 0.330 e. The second kappa shape index (κ2) is 5.57. The lowest BCUT2D eigenvalue weighted by Gasteiger charge is -2.35. The fraction of sp³-hybridized carbons (Fsp3) is 0.588. The van der Waals surface area contributed by atoms with Gasteiger partial charge in [0.1, 0.15) is 5.54 Å². The standard InChI is InChI=1S/C17H23NO2/c1-20-16(19)17(18-14-8-3-2-4-9-14)12-11-13-7-5-6-10-15(13)17/h5-7,10,14,18H,2-4,8-9,11-12H2,1H3. The van der Waals surface area contributed by atoms with E-state index in [4.69, 9.17) is 4.74 Å². The molecule has 1 atom stereocenters. The van der Waals surface area contributed by atoms with Crippen LogP contribution < -0.4 is 5.32 Å². The Morgan fingerprint density at radius 2 is 2.00 bits per heavy atom. The predicted molar refractivity (Wildman–Crippen MR) is 78.5 cm³/mol. The molecule has 1 aromatic rings. The minimum atomic E-state index is -0.618. The first-order chi connectivity index (χ1) is 9.76. The van der Waals surface area contributed by atoms with Crippen LogP contribution in [0.3, 0.4) is 0 Å². The Balaban J connectivity index is 1.92. The number of methoxy groups -OCH3 is 1. The molecule has 1 saturated carbocycles. The molecule has 1 aromatic carbocycles. The van der Waals surface area contributed by atoms with Gasteiger partial charge < -0.3 is 4.74 Å². The summed E-state index contributed by atoms with van der Waals surface area (Å²) in [7, 11) is 1.49. The molecule has 0 amide bonds. The first-order valence-electron chi connectivity index (χ1n) is 7.71. The van der Waals surface area contributed by atoms with Gasteiger partial charge in [-0.1, -0.05) is 43.5 Å². The van der Waals surface area contributed by atoms with Crippen molar-refractivity contribution in [2.75, 3.05) is 7.11 Å². The number of rotatable bonds is 3. The van der Waals surface area contributed by atoms with Gasteiger partial charge in [-0.2, -0.15) is 0 Å². The molecule has 0 radical (unpaired) electrons. The van der Waals surface area contributed by atoms with Crippen molar-refractivity contribution in [3.05, 3.63) is 35.4 Å². The quantitative estimate of drug-likeness (QED) is 0.861. The Morgan fingerprint density at radius 1 is 1.25 bits per heavy atom. The normalized spacial score (nSPS) is 26.2. The number of benzene rings is 1. The molecule has 0 bridgehead atoms. The zero-order valence-electron chi connectivity index (χ0n) is 12.2. The first-order valence-corrected chi connectivity index (χ1v) is 7.71. The summed E-state index contributed by atoms with van der Waals surface area (Å²) in [5.74, 6) is -0.131. The number of nitrogens with one attached hydrogen (secondary N) is 1. The van der Waals surface area contributed by atoms with Gasteiger partial charge in [-0.15, -0.1) is 0 Å². The molecule has 1 N–H and O–H groups in total. The molecule has 20 heavy (non-hydrogen) atoms. The van der Waals surface area contributed by atoms with Crippen molar-refractivity contribution in [1.82, 2.24) is 5.32 Å². The zero-order valence-corrected chi connectivity index (χ0v) is 12.2. The molecular formula is C17H23NO2. The number of fused-ring (bicyclic) bond motifs is 1. The van der Waals surface area contributed by atoms with Crippen LogP contribution in [0.1, 0.15) is 49.7 Å². The Bertz CT molecular complexity index is 494. The third-order valence-corrected chi connectivity index (χ3v) is 4.84. The maximum atomic E-state index is 12.5. The molecule has 3 nitrogen and oxygen atoms in total. The highest BCUT2D eigenvalue weighted by Gasteiger charge is 2.47. The van der Waals surface area contributed by atoms with Gasteiger partial charge in [0.05, 0.1) is 7.11 Å². The summed E-state index contributed by atoms with van der Waals surface area (Å²) in [6.45, 7) is 0. The Labute approximate surface area is 120 Å². The van der Waals surface area contributed by atoms with Crippen molar-refractivity contribution in [2.45, 2.75) is 56.5 Å². The van der Waals surface area contributed by atoms with Crippen molar-refractivity contribution in [3.63, 3.8) is 0 Å². The average Bonchev–Trinajstić information content (AvgIpc) is 2.88. The van der Waals surface area contributed by atoms with Crippen LogP contribution >= 0.6 is 0 Å². The van der Waals surface area contributed by atoms with Crippen LogP contribution in [0.2, 0.25) is 0 Å². The zero-order chi connectivity index (χ0) is 14.0. The maximum Gasteiger partial charge on any atom is 0.330 e. The van der Waals surface area contributed by atoms with Crippen molar-refractivity contribution < 1.29 is 9.53 Å². The largest absolute Gasteiger partial charge is 0.467 e. The number of hydrogen-bond donors (Lipinski definition) is 1. The Kier molecular flexibility index (Phi) is 3.79. The second-order valence-electron chi connectivity index (χ2n) is 6.03. The molecule has 1 fully saturated rings. The van der Waals surface area contributed by atoms with Gasteiger partial charge in [-0.05, 0) is 36.8 Å². The van der Waals surface area contributed by atoms with Crippen LogP contribution in [0.5, 0.6) is 0 Å². The number of ether oxygens (including phenoxy) is 1. The SMILES string of the molecule is COC(=O)C1(NC2CCCCC2)CCc2ccccc21. The molecule has 0 saturated heterocycles. The molecular weight excluding hydrogens is 250 g/mol. The molecule has 0 spiro atoms. The van der Waals surface area contributed by atoms with Gasteiger partial charge in [0, 0.05) is 6.04 Å². The third kappa shape index (κ3) is 2.24. The number of esters is 1. The van der Waals surface area contributed by atoms with E-state index in [1.165, 1.54) is 44.8 Å². The summed E-state index contributed by atoms with van der Waals surface area (Å²) in [5, 5.41) is 3.66. The molecule has 2 aliphatic rings. The molecule has 1 unspecified atom stereocenters. The lowest BCUT2D eigenvalue weighted by molar-refractivity contribution is -0.149. The minimum absolute atomic E-state index is 0.131. The van der Waals surface area contributed by atoms with Crippen LogP contribution in [0.25, 0.3) is 0 Å². The summed E-state index contributed by atoms with van der Waals surface area (Å²) in [6, 6.07) is 8.71. The lowest BCUT2D eigenvalue weighted by Crippen LogP contribution is -2.53. The molecule has 0 heterocycles. The van der Waals surface area contributed by atoms with E-state index in [9.17, 15) is 4.79 Å². The van der Waals surface area contributed by atoms with E-state index >= 15 is 0 Å². The summed E-state index contributed by atoms with van der Waals surface area (Å²) in [5.41, 5.74) is 1.78. The Hall–Kier alpha value is -1.35. The molecule has 0 aliphatic heterocycles. The second-order valence-corrected chi connectivity index (χ2v) is 6.03. The summed E-state index contributed by atoms with van der Waals surface area (Å²) in [4.78, 5) is 12.5. The van der Waals surface area contributed by atoms with Crippen LogP contribution in [0.4, 0.5) is 0 Å². The highest BCUT2D eigenvalue weighted by molar-refractivity contribution is 5.84. The molecule has 3 heteroatoms. The summed E-state index contributed by atoms with van der Waals surface area (Å²) in [6.07, 6.45) is 7.94. The van der Waals surface area contributed by atoms with E-state index in [-0.39, 0.29) is 5.97 Å². The minimum Gasteiger partial charge on any atom is -0.467 e. The van der Waals surface area contributed by atoms with Gasteiger partial charge >= 0.3 is 5.97 Å². The highest BCUT2D eigenvalue weighted by Crippen LogP contribution is 2.39. The maximum absolute atomic E-state index is 12.5. The van der Waals surface area contributed by atoms with Crippen LogP contribution in [-0.2, 0) is 21.5 Å². The number of aryl methyl sites for hydroxylation is 1. The summed E-state index contributed by atoms with van der Waals surface area (Å²) < 4.78 is 5.13. The van der Waals surface area contributed by atoms with E-state index < -0.39 is 5.54 Å². The molecule has 2 aliphatic carbocycles. The third-order valence-electron chi connectivity index (χ3n) is 4.84. The van der Waals surface area contributed by atoms with Crippen molar-refractivity contribution in [2.24, 2.45) is 0 Å². The van der Waals surface area contributed by atoms with E-state index in [0.29, 0.717) is 6.04 Å². The van der Waals surface area contributed by atoms with Crippen LogP contribution in [-0.4, -0.2) is 19.1 Å². The topological polar surface area (TPSA) is 38.3 Å². The van der Waals surface area contributed by atoms with Gasteiger partial charge in [0.2, 0.25) is 0 Å². The van der Waals surface area contributed by atoms with Crippen LogP contribution in [0.15, 0.2) is 24.3 Å². The Morgan fingerprint density at radius 3 is 2.75 bits per heavy atom. The number of carbonyl (C=O) groups excluding carboxylic acids is 1. The monoisotopic (exact) mass is 273 g/mol. The molecule has 0 aromatic heterocycles. The predicted octanol–water partition coefficient (Wildman–Crippen LogP) is 2.92. The summed E-state index contributed by atoms with van der Waals surface area (Å²) >= 11 is 0. The van der Waals surface area contributed by atoms with Gasteiger partial charge in [-0.3, -0.25) is 5.32 Å². The van der Waals surface area contributed by atoms with E-state index in [2.05, 4.69) is 17.4 Å². The highest BCUT2D eigenvalue weighted by atomic mass is 16.5. The first kappa shape index (κ1) is 13.6. The van der Waals surface area contributed by atoms with E-state index in [1.54, 1.807) is 0 Å². The fourth-order valence-corrected chi connectivity index (χ4v) is 3.80. The van der Waals surface area contributed by atoms with Crippen molar-refractivity contribution in [1.29, 1.82) is 0 Å². The number of hydrogen-bond acceptors (Lipinski definition) is 3. The van der Waals surface area contributed by atoms with Crippen LogP contribution in [0, 0.1) is 0 Å². The molecule has 108 valence electrons. The van der Waals surface area contributed by atoms with Crippen molar-refractivity contribution >= 4 is 5.97 Å². The molecule has 3 rings (SSSR count). The van der Waals surface area contributed by atoms with Crippen molar-refractivity contribution in [3.8, 4) is 0 Å². The lowest BCUT2D eigenvalue weighted by atomic mass is 9.87. The van der Waals surface area contributed by atoms with E-state index in [1.807, 2.05) is 12.1 Å². The van der Waals surface area contributed by atoms with E-state index in [0.717, 1.165) is 18.4 Å². The number of carbonyl (C=O) groups is 1. The van der Waals surface area contributed by atoms with Gasteiger partial charge in [-0.25, -0.2) is 4.79 Å². The average molecular weight is 273 g/mol. The van der Waals surface area contributed by atoms with Gasteiger partial charge in [0.25, 0.3) is 0 Å². The van der Waals surface area contributed by atoms with Gasteiger partial charge in [0.15, 0.2) is 0 Å².